The van der Waals surface area contributed by atoms with E-state index in [2.05, 4.69) is 5.32 Å². The van der Waals surface area contributed by atoms with Crippen LogP contribution in [0, 0.1) is 5.92 Å². The molecule has 0 saturated carbocycles. The fourth-order valence-corrected chi connectivity index (χ4v) is 3.85. The quantitative estimate of drug-likeness (QED) is 0.715. The van der Waals surface area contributed by atoms with Gasteiger partial charge in [-0.15, -0.1) is 0 Å². The lowest BCUT2D eigenvalue weighted by Gasteiger charge is -2.27. The molecule has 0 aromatic carbocycles. The maximum absolute atomic E-state index is 11.8. The zero-order valence-corrected chi connectivity index (χ0v) is 10.8. The number of carbonyl (C=O) groups is 1. The molecule has 1 aliphatic heterocycles. The van der Waals surface area contributed by atoms with Crippen molar-refractivity contribution in [3.63, 3.8) is 0 Å². The van der Waals surface area contributed by atoms with Crippen molar-refractivity contribution < 1.29 is 13.2 Å². The molecule has 3 unspecified atom stereocenters. The predicted octanol–water partition coefficient (Wildman–Crippen LogP) is -0.337. The van der Waals surface area contributed by atoms with Gasteiger partial charge in [0.25, 0.3) is 0 Å². The molecule has 0 bridgehead atoms. The van der Waals surface area contributed by atoms with Gasteiger partial charge in [0, 0.05) is 12.0 Å². The van der Waals surface area contributed by atoms with Crippen LogP contribution in [0.4, 0.5) is 0 Å². The Bertz CT molecular complexity index is 378. The molecule has 1 fully saturated rings. The molecular formula is C10H20N2O3S. The number of rotatable bonds is 3. The maximum Gasteiger partial charge on any atom is 0.224 e. The molecule has 3 N–H and O–H groups in total. The Morgan fingerprint density at radius 3 is 2.38 bits per heavy atom. The highest BCUT2D eigenvalue weighted by molar-refractivity contribution is 7.91. The third-order valence-corrected chi connectivity index (χ3v) is 5.03. The number of nitrogens with one attached hydrogen (secondary N) is 1. The number of sulfone groups is 1. The van der Waals surface area contributed by atoms with Gasteiger partial charge in [0.15, 0.2) is 9.84 Å². The fraction of sp³-hybridized carbons (Fsp3) is 0.900. The summed E-state index contributed by atoms with van der Waals surface area (Å²) >= 11 is 0. The van der Waals surface area contributed by atoms with Crippen LogP contribution in [0.3, 0.4) is 0 Å². The minimum atomic E-state index is -2.99. The van der Waals surface area contributed by atoms with Crippen molar-refractivity contribution in [2.75, 3.05) is 11.5 Å². The van der Waals surface area contributed by atoms with Crippen molar-refractivity contribution in [2.24, 2.45) is 11.7 Å². The van der Waals surface area contributed by atoms with Crippen LogP contribution in [0.1, 0.15) is 27.2 Å². The van der Waals surface area contributed by atoms with Crippen molar-refractivity contribution in [1.82, 2.24) is 5.32 Å². The average Bonchev–Trinajstić information content (AvgIpc) is 2.38. The molecule has 1 saturated heterocycles. The van der Waals surface area contributed by atoms with E-state index in [1.807, 2.05) is 0 Å². The third kappa shape index (κ3) is 3.18. The second kappa shape index (κ2) is 4.33. The van der Waals surface area contributed by atoms with Crippen LogP contribution in [-0.2, 0) is 14.6 Å². The molecule has 0 spiro atoms. The first-order valence-corrected chi connectivity index (χ1v) is 7.25. The van der Waals surface area contributed by atoms with E-state index in [9.17, 15) is 13.2 Å². The molecule has 1 rings (SSSR count). The first kappa shape index (κ1) is 13.4. The van der Waals surface area contributed by atoms with E-state index in [1.165, 1.54) is 0 Å². The van der Waals surface area contributed by atoms with Gasteiger partial charge >= 0.3 is 0 Å². The normalized spacial score (nSPS) is 32.0. The number of nitrogens with two attached hydrogens (primary N) is 1. The fourth-order valence-electron chi connectivity index (χ4n) is 1.76. The SMILES string of the molecule is CC(N)C(C)C(=O)NC1(C)CCS(=O)(=O)C1. The van der Waals surface area contributed by atoms with Crippen molar-refractivity contribution in [3.8, 4) is 0 Å². The van der Waals surface area contributed by atoms with Crippen LogP contribution >= 0.6 is 0 Å². The van der Waals surface area contributed by atoms with Gasteiger partial charge in [-0.3, -0.25) is 4.79 Å². The predicted molar refractivity (Wildman–Crippen MR) is 62.6 cm³/mol. The van der Waals surface area contributed by atoms with E-state index in [1.54, 1.807) is 20.8 Å². The monoisotopic (exact) mass is 248 g/mol. The molecule has 6 heteroatoms. The average molecular weight is 248 g/mol. The van der Waals surface area contributed by atoms with E-state index in [0.717, 1.165) is 0 Å². The van der Waals surface area contributed by atoms with Gasteiger partial charge < -0.3 is 11.1 Å². The van der Waals surface area contributed by atoms with Crippen molar-refractivity contribution in [3.05, 3.63) is 0 Å². The van der Waals surface area contributed by atoms with Gasteiger partial charge in [-0.1, -0.05) is 6.92 Å². The molecule has 1 amide bonds. The summed E-state index contributed by atoms with van der Waals surface area (Å²) in [6, 6.07) is -0.235. The van der Waals surface area contributed by atoms with Crippen LogP contribution < -0.4 is 11.1 Å². The van der Waals surface area contributed by atoms with Gasteiger partial charge in [0.05, 0.1) is 17.0 Å². The van der Waals surface area contributed by atoms with Crippen molar-refractivity contribution in [2.45, 2.75) is 38.8 Å². The second-order valence-electron chi connectivity index (χ2n) is 5.04. The van der Waals surface area contributed by atoms with Crippen LogP contribution in [0.5, 0.6) is 0 Å². The van der Waals surface area contributed by atoms with Gasteiger partial charge in [-0.25, -0.2) is 8.42 Å². The lowest BCUT2D eigenvalue weighted by atomic mass is 9.98. The summed E-state index contributed by atoms with van der Waals surface area (Å²) in [5.41, 5.74) is 5.00. The first-order chi connectivity index (χ1) is 7.15. The zero-order chi connectivity index (χ0) is 12.6. The summed E-state index contributed by atoms with van der Waals surface area (Å²) < 4.78 is 22.7. The second-order valence-corrected chi connectivity index (χ2v) is 7.22. The van der Waals surface area contributed by atoms with E-state index in [-0.39, 0.29) is 29.4 Å². The highest BCUT2D eigenvalue weighted by Gasteiger charge is 2.40. The molecule has 0 aliphatic carbocycles. The van der Waals surface area contributed by atoms with Crippen LogP contribution in [0.15, 0.2) is 0 Å². The summed E-state index contributed by atoms with van der Waals surface area (Å²) in [6.07, 6.45) is 0.479. The Hall–Kier alpha value is -0.620. The van der Waals surface area contributed by atoms with Gasteiger partial charge in [-0.2, -0.15) is 0 Å². The lowest BCUT2D eigenvalue weighted by molar-refractivity contribution is -0.126. The summed E-state index contributed by atoms with van der Waals surface area (Å²) in [4.78, 5) is 11.8. The van der Waals surface area contributed by atoms with Crippen molar-refractivity contribution in [1.29, 1.82) is 0 Å². The van der Waals surface area contributed by atoms with E-state index < -0.39 is 15.4 Å². The van der Waals surface area contributed by atoms with Crippen molar-refractivity contribution >= 4 is 15.7 Å². The zero-order valence-electron chi connectivity index (χ0n) is 9.99. The molecular weight excluding hydrogens is 228 g/mol. The molecule has 0 radical (unpaired) electrons. The first-order valence-electron chi connectivity index (χ1n) is 5.43. The largest absolute Gasteiger partial charge is 0.350 e. The highest BCUT2D eigenvalue weighted by Crippen LogP contribution is 2.23. The summed E-state index contributed by atoms with van der Waals surface area (Å²) in [7, 11) is -2.99. The highest BCUT2D eigenvalue weighted by atomic mass is 32.2. The molecule has 94 valence electrons. The molecule has 5 nitrogen and oxygen atoms in total. The summed E-state index contributed by atoms with van der Waals surface area (Å²) in [6.45, 7) is 5.27. The maximum atomic E-state index is 11.8. The topological polar surface area (TPSA) is 89.3 Å². The smallest absolute Gasteiger partial charge is 0.224 e. The van der Waals surface area contributed by atoms with E-state index in [0.29, 0.717) is 6.42 Å². The molecule has 3 atom stereocenters. The number of amides is 1. The summed E-state index contributed by atoms with van der Waals surface area (Å²) in [5, 5.41) is 2.79. The molecule has 0 aromatic rings. The molecule has 1 heterocycles. The Balaban J connectivity index is 2.65. The third-order valence-electron chi connectivity index (χ3n) is 3.13. The Kier molecular flexibility index (Phi) is 3.64. The van der Waals surface area contributed by atoms with Crippen LogP contribution in [0.2, 0.25) is 0 Å². The van der Waals surface area contributed by atoms with Crippen LogP contribution in [-0.4, -0.2) is 37.4 Å². The summed E-state index contributed by atoms with van der Waals surface area (Å²) in [5.74, 6) is -0.303. The van der Waals surface area contributed by atoms with Gasteiger partial charge in [0.1, 0.15) is 0 Å². The Morgan fingerprint density at radius 1 is 1.44 bits per heavy atom. The Morgan fingerprint density at radius 2 is 2.00 bits per heavy atom. The minimum Gasteiger partial charge on any atom is -0.350 e. The minimum absolute atomic E-state index is 0.0252. The van der Waals surface area contributed by atoms with E-state index in [4.69, 9.17) is 5.73 Å². The lowest BCUT2D eigenvalue weighted by Crippen LogP contribution is -2.51. The van der Waals surface area contributed by atoms with Crippen LogP contribution in [0.25, 0.3) is 0 Å². The van der Waals surface area contributed by atoms with Gasteiger partial charge in [0.2, 0.25) is 5.91 Å². The number of hydrogen-bond acceptors (Lipinski definition) is 4. The molecule has 16 heavy (non-hydrogen) atoms. The van der Waals surface area contributed by atoms with E-state index >= 15 is 0 Å². The van der Waals surface area contributed by atoms with Gasteiger partial charge in [-0.05, 0) is 20.3 Å². The molecule has 1 aliphatic rings. The standard InChI is InChI=1S/C10H20N2O3S/c1-7(8(2)11)9(13)12-10(3)4-5-16(14,15)6-10/h7-8H,4-6,11H2,1-3H3,(H,12,13). The number of hydrogen-bond donors (Lipinski definition) is 2. The number of carbonyl (C=O) groups excluding carboxylic acids is 1. The Labute approximate surface area is 96.7 Å². The molecule has 0 aromatic heterocycles.